The molecule has 1 fully saturated rings. The zero-order valence-electron chi connectivity index (χ0n) is 15.5. The summed E-state index contributed by atoms with van der Waals surface area (Å²) in [6, 6.07) is 6.14. The third-order valence-corrected chi connectivity index (χ3v) is 5.09. The third-order valence-electron chi connectivity index (χ3n) is 4.76. The highest BCUT2D eigenvalue weighted by molar-refractivity contribution is 6.32. The summed E-state index contributed by atoms with van der Waals surface area (Å²) < 4.78 is 1.65. The number of halogens is 1. The summed E-state index contributed by atoms with van der Waals surface area (Å²) in [5, 5.41) is 9.95. The van der Waals surface area contributed by atoms with Crippen molar-refractivity contribution in [3.63, 3.8) is 0 Å². The molecule has 142 valence electrons. The summed E-state index contributed by atoms with van der Waals surface area (Å²) >= 11 is 6.19. The molecule has 2 heterocycles. The summed E-state index contributed by atoms with van der Waals surface area (Å²) in [6.07, 6.45) is 0. The van der Waals surface area contributed by atoms with E-state index >= 15 is 0 Å². The van der Waals surface area contributed by atoms with Crippen LogP contribution in [0.4, 0.5) is 10.5 Å². The minimum absolute atomic E-state index is 0.363. The number of urea groups is 1. The summed E-state index contributed by atoms with van der Waals surface area (Å²) in [5.74, 6) is -1.02. The minimum atomic E-state index is -1.32. The van der Waals surface area contributed by atoms with Crippen LogP contribution >= 0.6 is 11.6 Å². The smallest absolute Gasteiger partial charge is 0.321 e. The molecule has 1 aliphatic rings. The van der Waals surface area contributed by atoms with Crippen molar-refractivity contribution in [3.05, 3.63) is 46.2 Å². The number of imide groups is 1. The number of amides is 4. The zero-order valence-corrected chi connectivity index (χ0v) is 16.2. The standard InChI is InChI=1S/C18H20ClN5O3/c1-10-15(11(2)23(4)22-10)20-14(25)9-24-16(26)18(3,21-17(24)27)12-7-5-6-8-13(12)19/h5-8H,9H2,1-4H3,(H,20,25)(H,21,27)/t18-/m0/s1. The summed E-state index contributed by atoms with van der Waals surface area (Å²) in [6.45, 7) is 4.75. The van der Waals surface area contributed by atoms with Crippen molar-refractivity contribution in [2.45, 2.75) is 26.3 Å². The van der Waals surface area contributed by atoms with E-state index in [2.05, 4.69) is 15.7 Å². The lowest BCUT2D eigenvalue weighted by Crippen LogP contribution is -2.42. The van der Waals surface area contributed by atoms with Gasteiger partial charge in [-0.15, -0.1) is 0 Å². The van der Waals surface area contributed by atoms with Crippen molar-refractivity contribution in [1.82, 2.24) is 20.0 Å². The highest BCUT2D eigenvalue weighted by atomic mass is 35.5. The van der Waals surface area contributed by atoms with Crippen LogP contribution in [0.25, 0.3) is 0 Å². The van der Waals surface area contributed by atoms with Crippen molar-refractivity contribution < 1.29 is 14.4 Å². The van der Waals surface area contributed by atoms with E-state index in [4.69, 9.17) is 11.6 Å². The number of anilines is 1. The van der Waals surface area contributed by atoms with Crippen LogP contribution in [0.15, 0.2) is 24.3 Å². The normalized spacial score (nSPS) is 19.4. The van der Waals surface area contributed by atoms with E-state index in [1.54, 1.807) is 49.8 Å². The Labute approximate surface area is 161 Å². The summed E-state index contributed by atoms with van der Waals surface area (Å²) in [4.78, 5) is 38.6. The van der Waals surface area contributed by atoms with Crippen LogP contribution in [0, 0.1) is 13.8 Å². The zero-order chi connectivity index (χ0) is 19.9. The lowest BCUT2D eigenvalue weighted by molar-refractivity contribution is -0.133. The van der Waals surface area contributed by atoms with E-state index in [0.29, 0.717) is 22.0 Å². The van der Waals surface area contributed by atoms with E-state index in [9.17, 15) is 14.4 Å². The molecule has 4 amide bonds. The second-order valence-corrected chi connectivity index (χ2v) is 7.05. The Kier molecular flexibility index (Phi) is 4.69. The van der Waals surface area contributed by atoms with Gasteiger partial charge >= 0.3 is 6.03 Å². The van der Waals surface area contributed by atoms with Gasteiger partial charge in [0.1, 0.15) is 12.1 Å². The SMILES string of the molecule is Cc1nn(C)c(C)c1NC(=O)CN1C(=O)N[C@@](C)(c2ccccc2Cl)C1=O. The maximum absolute atomic E-state index is 12.9. The van der Waals surface area contributed by atoms with Crippen molar-refractivity contribution in [1.29, 1.82) is 0 Å². The second kappa shape index (κ2) is 6.70. The van der Waals surface area contributed by atoms with Gasteiger partial charge in [0.05, 0.1) is 17.1 Å². The number of nitrogens with one attached hydrogen (secondary N) is 2. The average Bonchev–Trinajstić information content (AvgIpc) is 2.97. The Hall–Kier alpha value is -2.87. The Morgan fingerprint density at radius 2 is 1.96 bits per heavy atom. The third kappa shape index (κ3) is 3.16. The molecule has 1 atom stereocenters. The summed E-state index contributed by atoms with van der Waals surface area (Å²) in [5.41, 5.74) is 1.16. The number of hydrogen-bond acceptors (Lipinski definition) is 4. The quantitative estimate of drug-likeness (QED) is 0.782. The molecule has 0 bridgehead atoms. The molecule has 8 nitrogen and oxygen atoms in total. The molecule has 3 rings (SSSR count). The van der Waals surface area contributed by atoms with Crippen LogP contribution in [-0.2, 0) is 22.2 Å². The van der Waals surface area contributed by atoms with Gasteiger partial charge in [0, 0.05) is 17.6 Å². The first-order chi connectivity index (χ1) is 12.6. The lowest BCUT2D eigenvalue weighted by atomic mass is 9.92. The molecule has 1 aromatic carbocycles. The van der Waals surface area contributed by atoms with Gasteiger partial charge in [-0.05, 0) is 26.8 Å². The first kappa shape index (κ1) is 18.9. The molecule has 0 unspecified atom stereocenters. The largest absolute Gasteiger partial charge is 0.325 e. The maximum atomic E-state index is 12.9. The Bertz CT molecular complexity index is 954. The molecule has 0 spiro atoms. The van der Waals surface area contributed by atoms with Gasteiger partial charge in [-0.2, -0.15) is 5.10 Å². The molecular formula is C18H20ClN5O3. The van der Waals surface area contributed by atoms with Crippen molar-refractivity contribution in [2.24, 2.45) is 7.05 Å². The van der Waals surface area contributed by atoms with Crippen molar-refractivity contribution in [3.8, 4) is 0 Å². The fraction of sp³-hybridized carbons (Fsp3) is 0.333. The second-order valence-electron chi connectivity index (χ2n) is 6.64. The molecule has 9 heteroatoms. The fourth-order valence-electron chi connectivity index (χ4n) is 3.17. The molecule has 27 heavy (non-hydrogen) atoms. The van der Waals surface area contributed by atoms with Crippen LogP contribution < -0.4 is 10.6 Å². The number of rotatable bonds is 4. The van der Waals surface area contributed by atoms with E-state index in [0.717, 1.165) is 10.6 Å². The van der Waals surface area contributed by atoms with Gasteiger partial charge in [-0.3, -0.25) is 19.2 Å². The van der Waals surface area contributed by atoms with Crippen molar-refractivity contribution in [2.75, 3.05) is 11.9 Å². The first-order valence-corrected chi connectivity index (χ1v) is 8.72. The maximum Gasteiger partial charge on any atom is 0.325 e. The molecule has 1 aromatic heterocycles. The Morgan fingerprint density at radius 1 is 1.30 bits per heavy atom. The number of aromatic nitrogens is 2. The Balaban J connectivity index is 1.80. The molecular weight excluding hydrogens is 370 g/mol. The lowest BCUT2D eigenvalue weighted by Gasteiger charge is -2.23. The number of aryl methyl sites for hydroxylation is 2. The van der Waals surface area contributed by atoms with E-state index in [1.807, 2.05) is 6.92 Å². The molecule has 2 aromatic rings. The fourth-order valence-corrected chi connectivity index (χ4v) is 3.49. The molecule has 0 radical (unpaired) electrons. The van der Waals surface area contributed by atoms with Crippen LogP contribution in [0.2, 0.25) is 5.02 Å². The topological polar surface area (TPSA) is 96.3 Å². The van der Waals surface area contributed by atoms with Crippen molar-refractivity contribution >= 4 is 35.1 Å². The van der Waals surface area contributed by atoms with Crippen LogP contribution in [0.1, 0.15) is 23.9 Å². The van der Waals surface area contributed by atoms with Gasteiger partial charge in [0.15, 0.2) is 0 Å². The van der Waals surface area contributed by atoms with Crippen LogP contribution in [0.5, 0.6) is 0 Å². The van der Waals surface area contributed by atoms with E-state index in [-0.39, 0.29) is 0 Å². The van der Waals surface area contributed by atoms with Crippen LogP contribution in [-0.4, -0.2) is 39.1 Å². The Morgan fingerprint density at radius 3 is 2.56 bits per heavy atom. The van der Waals surface area contributed by atoms with Crippen LogP contribution in [0.3, 0.4) is 0 Å². The van der Waals surface area contributed by atoms with E-state index in [1.165, 1.54) is 0 Å². The van der Waals surface area contributed by atoms with Gasteiger partial charge < -0.3 is 10.6 Å². The molecule has 1 aliphatic heterocycles. The predicted octanol–water partition coefficient (Wildman–Crippen LogP) is 2.10. The highest BCUT2D eigenvalue weighted by Crippen LogP contribution is 2.33. The number of carbonyl (C=O) groups excluding carboxylic acids is 3. The number of hydrogen-bond donors (Lipinski definition) is 2. The number of nitrogens with zero attached hydrogens (tertiary/aromatic N) is 3. The van der Waals surface area contributed by atoms with Gasteiger partial charge in [0.2, 0.25) is 5.91 Å². The first-order valence-electron chi connectivity index (χ1n) is 8.34. The molecule has 1 saturated heterocycles. The monoisotopic (exact) mass is 389 g/mol. The van der Waals surface area contributed by atoms with Gasteiger partial charge in [-0.25, -0.2) is 4.79 Å². The molecule has 0 saturated carbocycles. The molecule has 0 aliphatic carbocycles. The minimum Gasteiger partial charge on any atom is -0.321 e. The number of carbonyl (C=O) groups is 3. The van der Waals surface area contributed by atoms with E-state index < -0.39 is 29.9 Å². The molecule has 2 N–H and O–H groups in total. The van der Waals surface area contributed by atoms with Gasteiger partial charge in [0.25, 0.3) is 5.91 Å². The summed E-state index contributed by atoms with van der Waals surface area (Å²) in [7, 11) is 1.77. The van der Waals surface area contributed by atoms with Gasteiger partial charge in [-0.1, -0.05) is 29.8 Å². The highest BCUT2D eigenvalue weighted by Gasteiger charge is 2.50. The average molecular weight is 390 g/mol. The predicted molar refractivity (Wildman–Crippen MR) is 100 cm³/mol. The number of benzene rings is 1.